The largest absolute Gasteiger partial charge is 0.480 e. The van der Waals surface area contributed by atoms with E-state index in [1.165, 1.54) is 24.8 Å². The standard InChI is InChI=1S/C30H39N5O3/c1-33-15-5-6-22-12-13-23(31-29(22)33)7-2-3-17-38-24-14-16-34(19-24)28(30(36)37)25-8-4-9-27-26(25)20-35(32-27)18-21-10-11-21/h4,8-9,12-13,20-21,24,28H,2-3,5-7,10-11,14-19H2,1H3,(H,36,37)/t24-,28?/m1/s1. The summed E-state index contributed by atoms with van der Waals surface area (Å²) in [4.78, 5) is 21.7. The lowest BCUT2D eigenvalue weighted by atomic mass is 10.0. The second-order valence-electron chi connectivity index (χ2n) is 11.4. The van der Waals surface area contributed by atoms with Gasteiger partial charge < -0.3 is 14.7 Å². The van der Waals surface area contributed by atoms with E-state index in [0.717, 1.165) is 85.6 Å². The molecule has 0 bridgehead atoms. The molecule has 0 amide bonds. The van der Waals surface area contributed by atoms with Gasteiger partial charge in [0.1, 0.15) is 11.9 Å². The number of anilines is 1. The van der Waals surface area contributed by atoms with E-state index >= 15 is 0 Å². The lowest BCUT2D eigenvalue weighted by Gasteiger charge is -2.26. The second-order valence-corrected chi connectivity index (χ2v) is 11.4. The van der Waals surface area contributed by atoms with Crippen molar-refractivity contribution in [1.82, 2.24) is 19.7 Å². The summed E-state index contributed by atoms with van der Waals surface area (Å²) in [6.45, 7) is 4.07. The molecule has 6 rings (SSSR count). The zero-order chi connectivity index (χ0) is 26.1. The highest BCUT2D eigenvalue weighted by atomic mass is 16.5. The minimum Gasteiger partial charge on any atom is -0.480 e. The summed E-state index contributed by atoms with van der Waals surface area (Å²) in [5.74, 6) is 1.06. The number of nitrogens with zero attached hydrogens (tertiary/aromatic N) is 5. The lowest BCUT2D eigenvalue weighted by Crippen LogP contribution is -2.33. The van der Waals surface area contributed by atoms with Crippen LogP contribution in [0.25, 0.3) is 10.9 Å². The van der Waals surface area contributed by atoms with E-state index in [4.69, 9.17) is 14.8 Å². The van der Waals surface area contributed by atoms with E-state index in [2.05, 4.69) is 29.0 Å². The van der Waals surface area contributed by atoms with Crippen LogP contribution in [0.3, 0.4) is 0 Å². The van der Waals surface area contributed by atoms with Crippen molar-refractivity contribution in [2.45, 2.75) is 70.1 Å². The number of hydrogen-bond acceptors (Lipinski definition) is 6. The quantitative estimate of drug-likeness (QED) is 0.376. The predicted octanol–water partition coefficient (Wildman–Crippen LogP) is 4.46. The molecule has 2 fully saturated rings. The summed E-state index contributed by atoms with van der Waals surface area (Å²) < 4.78 is 8.21. The molecular weight excluding hydrogens is 478 g/mol. The van der Waals surface area contributed by atoms with Gasteiger partial charge in [-0.05, 0) is 80.5 Å². The van der Waals surface area contributed by atoms with Gasteiger partial charge in [-0.25, -0.2) is 4.98 Å². The van der Waals surface area contributed by atoms with Crippen LogP contribution in [-0.2, 0) is 28.9 Å². The summed E-state index contributed by atoms with van der Waals surface area (Å²) in [7, 11) is 2.13. The number of ether oxygens (including phenoxy) is 1. The molecule has 38 heavy (non-hydrogen) atoms. The lowest BCUT2D eigenvalue weighted by molar-refractivity contribution is -0.143. The minimum atomic E-state index is -0.809. The van der Waals surface area contributed by atoms with Crippen LogP contribution in [0.1, 0.15) is 61.4 Å². The fourth-order valence-corrected chi connectivity index (χ4v) is 6.07. The highest BCUT2D eigenvalue weighted by molar-refractivity contribution is 5.88. The average molecular weight is 518 g/mol. The van der Waals surface area contributed by atoms with Crippen LogP contribution in [0.4, 0.5) is 5.82 Å². The Bertz CT molecular complexity index is 1290. The molecule has 202 valence electrons. The predicted molar refractivity (Wildman–Crippen MR) is 148 cm³/mol. The van der Waals surface area contributed by atoms with E-state index in [9.17, 15) is 9.90 Å². The number of fused-ring (bicyclic) bond motifs is 2. The van der Waals surface area contributed by atoms with Crippen molar-refractivity contribution in [2.75, 3.05) is 38.2 Å². The molecule has 0 radical (unpaired) electrons. The number of aryl methyl sites for hydroxylation is 2. The Morgan fingerprint density at radius 1 is 1.16 bits per heavy atom. The van der Waals surface area contributed by atoms with E-state index in [-0.39, 0.29) is 6.10 Å². The molecule has 3 aromatic rings. The van der Waals surface area contributed by atoms with Gasteiger partial charge >= 0.3 is 5.97 Å². The third-order valence-corrected chi connectivity index (χ3v) is 8.34. The molecule has 1 aliphatic carbocycles. The molecule has 0 spiro atoms. The first-order valence-electron chi connectivity index (χ1n) is 14.3. The van der Waals surface area contributed by atoms with Gasteiger partial charge in [-0.3, -0.25) is 14.4 Å². The molecule has 3 aliphatic rings. The van der Waals surface area contributed by atoms with Crippen molar-refractivity contribution in [1.29, 1.82) is 0 Å². The van der Waals surface area contributed by atoms with Crippen molar-refractivity contribution in [2.24, 2.45) is 5.92 Å². The highest BCUT2D eigenvalue weighted by Gasteiger charge is 2.35. The maximum atomic E-state index is 12.5. The number of carboxylic acid groups (broad SMARTS) is 1. The molecule has 8 nitrogen and oxygen atoms in total. The average Bonchev–Trinajstić information content (AvgIpc) is 3.43. The summed E-state index contributed by atoms with van der Waals surface area (Å²) >= 11 is 0. The number of rotatable bonds is 11. The Hall–Kier alpha value is -2.97. The number of likely N-dealkylation sites (tertiary alicyclic amines) is 1. The Kier molecular flexibility index (Phi) is 7.34. The number of aromatic nitrogens is 3. The molecule has 2 aliphatic heterocycles. The van der Waals surface area contributed by atoms with Crippen LogP contribution < -0.4 is 4.90 Å². The van der Waals surface area contributed by atoms with Crippen LogP contribution in [0, 0.1) is 5.92 Å². The smallest absolute Gasteiger partial charge is 0.325 e. The number of benzene rings is 1. The van der Waals surface area contributed by atoms with Gasteiger partial charge in [0.25, 0.3) is 0 Å². The maximum absolute atomic E-state index is 12.5. The van der Waals surface area contributed by atoms with Gasteiger partial charge in [0.15, 0.2) is 0 Å². The Balaban J connectivity index is 1.01. The number of hydrogen-bond donors (Lipinski definition) is 1. The number of pyridine rings is 1. The van der Waals surface area contributed by atoms with Gasteiger partial charge in [0, 0.05) is 57.1 Å². The van der Waals surface area contributed by atoms with E-state index < -0.39 is 12.0 Å². The summed E-state index contributed by atoms with van der Waals surface area (Å²) in [6, 6.07) is 9.60. The number of unbranched alkanes of at least 4 members (excludes halogenated alkanes) is 1. The van der Waals surface area contributed by atoms with Gasteiger partial charge in [0.05, 0.1) is 11.6 Å². The fourth-order valence-electron chi connectivity index (χ4n) is 6.07. The van der Waals surface area contributed by atoms with Crippen LogP contribution >= 0.6 is 0 Å². The molecule has 1 aromatic carbocycles. The van der Waals surface area contributed by atoms with Crippen LogP contribution in [0.15, 0.2) is 36.5 Å². The zero-order valence-corrected chi connectivity index (χ0v) is 22.4. The third kappa shape index (κ3) is 5.57. The molecule has 2 aromatic heterocycles. The van der Waals surface area contributed by atoms with Gasteiger partial charge in [0.2, 0.25) is 0 Å². The monoisotopic (exact) mass is 517 g/mol. The molecular formula is C30H39N5O3. The van der Waals surface area contributed by atoms with Gasteiger partial charge in [-0.15, -0.1) is 0 Å². The summed E-state index contributed by atoms with van der Waals surface area (Å²) in [5, 5.41) is 15.9. The van der Waals surface area contributed by atoms with Crippen molar-refractivity contribution in [3.05, 3.63) is 53.3 Å². The maximum Gasteiger partial charge on any atom is 0.325 e. The highest BCUT2D eigenvalue weighted by Crippen LogP contribution is 2.34. The first-order valence-corrected chi connectivity index (χ1v) is 14.3. The fraction of sp³-hybridized carbons (Fsp3) is 0.567. The molecule has 1 saturated carbocycles. The van der Waals surface area contributed by atoms with E-state index in [0.29, 0.717) is 13.2 Å². The Morgan fingerprint density at radius 2 is 2.05 bits per heavy atom. The molecule has 8 heteroatoms. The van der Waals surface area contributed by atoms with Gasteiger partial charge in [-0.1, -0.05) is 18.2 Å². The zero-order valence-electron chi connectivity index (χ0n) is 22.4. The normalized spacial score (nSPS) is 20.7. The molecule has 1 N–H and O–H groups in total. The molecule has 1 saturated heterocycles. The van der Waals surface area contributed by atoms with Crippen molar-refractivity contribution >= 4 is 22.7 Å². The van der Waals surface area contributed by atoms with Crippen LogP contribution in [-0.4, -0.2) is 70.1 Å². The second kappa shape index (κ2) is 11.0. The summed E-state index contributed by atoms with van der Waals surface area (Å²) in [5.41, 5.74) is 4.23. The van der Waals surface area contributed by atoms with Crippen molar-refractivity contribution in [3.63, 3.8) is 0 Å². The SMILES string of the molecule is CN1CCCc2ccc(CCCCO[C@@H]3CCN(C(C(=O)O)c4cccc5nn(CC6CC6)cc45)C3)nc21. The molecule has 1 unspecified atom stereocenters. The minimum absolute atomic E-state index is 0.0733. The number of aliphatic carboxylic acids is 1. The number of carboxylic acids is 1. The number of carbonyl (C=O) groups is 1. The topological polar surface area (TPSA) is 83.7 Å². The van der Waals surface area contributed by atoms with Gasteiger partial charge in [-0.2, -0.15) is 5.10 Å². The van der Waals surface area contributed by atoms with Crippen LogP contribution in [0.5, 0.6) is 0 Å². The third-order valence-electron chi connectivity index (χ3n) is 8.34. The van der Waals surface area contributed by atoms with Crippen molar-refractivity contribution < 1.29 is 14.6 Å². The molecule has 2 atom stereocenters. The first-order chi connectivity index (χ1) is 18.5. The van der Waals surface area contributed by atoms with Crippen LogP contribution in [0.2, 0.25) is 0 Å². The Morgan fingerprint density at radius 3 is 2.89 bits per heavy atom. The molecule has 4 heterocycles. The summed E-state index contributed by atoms with van der Waals surface area (Å²) in [6.07, 6.45) is 10.8. The Labute approximate surface area is 224 Å². The van der Waals surface area contributed by atoms with E-state index in [1.54, 1.807) is 0 Å². The first kappa shape index (κ1) is 25.3. The van der Waals surface area contributed by atoms with E-state index in [1.807, 2.05) is 29.1 Å². The van der Waals surface area contributed by atoms with Crippen molar-refractivity contribution in [3.8, 4) is 0 Å².